The van der Waals surface area contributed by atoms with Crippen LogP contribution < -0.4 is 0 Å². The van der Waals surface area contributed by atoms with Gasteiger partial charge < -0.3 is 4.57 Å². The van der Waals surface area contributed by atoms with Crippen LogP contribution >= 0.6 is 0 Å². The van der Waals surface area contributed by atoms with Crippen molar-refractivity contribution >= 4 is 10.9 Å². The van der Waals surface area contributed by atoms with Gasteiger partial charge in [-0.3, -0.25) is 0 Å². The van der Waals surface area contributed by atoms with Crippen LogP contribution in [0.25, 0.3) is 10.9 Å². The smallest absolute Gasteiger partial charge is 0.0487 e. The van der Waals surface area contributed by atoms with Crippen LogP contribution in [0.4, 0.5) is 0 Å². The molecule has 0 radical (unpaired) electrons. The molecule has 2 rings (SSSR count). The highest BCUT2D eigenvalue weighted by Gasteiger charge is 2.19. The second-order valence-electron chi connectivity index (χ2n) is 5.80. The third-order valence-corrected chi connectivity index (χ3v) is 3.24. The molecule has 2 aromatic rings. The topological polar surface area (TPSA) is 4.93 Å². The Morgan fingerprint density at radius 2 is 1.82 bits per heavy atom. The molecule has 0 unspecified atom stereocenters. The molecule has 0 saturated heterocycles. The van der Waals surface area contributed by atoms with E-state index in [1.165, 1.54) is 35.9 Å². The Balaban J connectivity index is 2.57. The van der Waals surface area contributed by atoms with E-state index in [9.17, 15) is 0 Å². The zero-order valence-electron chi connectivity index (χ0n) is 11.5. The Hall–Kier alpha value is -1.24. The molecule has 0 bridgehead atoms. The van der Waals surface area contributed by atoms with E-state index in [2.05, 4.69) is 62.6 Å². The van der Waals surface area contributed by atoms with E-state index in [0.717, 1.165) is 0 Å². The second kappa shape index (κ2) is 4.56. The molecule has 1 aromatic heterocycles. The van der Waals surface area contributed by atoms with Crippen LogP contribution in [0.5, 0.6) is 0 Å². The highest BCUT2D eigenvalue weighted by Crippen LogP contribution is 2.28. The Kier molecular flexibility index (Phi) is 3.28. The van der Waals surface area contributed by atoms with Crippen molar-refractivity contribution in [2.45, 2.75) is 52.5 Å². The molecule has 1 nitrogen and oxygen atoms in total. The van der Waals surface area contributed by atoms with Crippen LogP contribution in [0, 0.1) is 0 Å². The summed E-state index contributed by atoms with van der Waals surface area (Å²) in [5, 5.41) is 1.37. The number of para-hydroxylation sites is 1. The maximum Gasteiger partial charge on any atom is 0.0487 e. The number of nitrogens with zero attached hydrogens (tertiary/aromatic N) is 1. The van der Waals surface area contributed by atoms with Gasteiger partial charge in [0.15, 0.2) is 0 Å². The van der Waals surface area contributed by atoms with Crippen molar-refractivity contribution in [2.75, 3.05) is 0 Å². The van der Waals surface area contributed by atoms with E-state index in [-0.39, 0.29) is 5.54 Å². The molecule has 17 heavy (non-hydrogen) atoms. The molecule has 0 fully saturated rings. The molecule has 92 valence electrons. The van der Waals surface area contributed by atoms with E-state index in [1.54, 1.807) is 0 Å². The van der Waals surface area contributed by atoms with Crippen LogP contribution in [0.15, 0.2) is 30.3 Å². The minimum Gasteiger partial charge on any atom is -0.339 e. The predicted octanol–water partition coefficient (Wildman–Crippen LogP) is 4.74. The number of unbranched alkanes of at least 4 members (excludes halogenated alkanes) is 1. The molecule has 1 heterocycles. The third kappa shape index (κ3) is 2.38. The van der Waals surface area contributed by atoms with Crippen LogP contribution in [0.1, 0.15) is 46.2 Å². The van der Waals surface area contributed by atoms with Crippen molar-refractivity contribution in [3.8, 4) is 0 Å². The van der Waals surface area contributed by atoms with Crippen LogP contribution in [-0.2, 0) is 12.0 Å². The Morgan fingerprint density at radius 1 is 1.12 bits per heavy atom. The van der Waals surface area contributed by atoms with E-state index in [0.29, 0.717) is 0 Å². The van der Waals surface area contributed by atoms with Crippen molar-refractivity contribution in [2.24, 2.45) is 0 Å². The molecular weight excluding hydrogens is 206 g/mol. The van der Waals surface area contributed by atoms with Crippen molar-refractivity contribution < 1.29 is 0 Å². The van der Waals surface area contributed by atoms with Crippen LogP contribution in [0.3, 0.4) is 0 Å². The summed E-state index contributed by atoms with van der Waals surface area (Å²) < 4.78 is 2.50. The number of hydrogen-bond acceptors (Lipinski definition) is 0. The lowest BCUT2D eigenvalue weighted by atomic mass is 10.1. The van der Waals surface area contributed by atoms with Crippen molar-refractivity contribution in [1.29, 1.82) is 0 Å². The summed E-state index contributed by atoms with van der Waals surface area (Å²) in [5.41, 5.74) is 3.00. The third-order valence-electron chi connectivity index (χ3n) is 3.24. The second-order valence-corrected chi connectivity index (χ2v) is 5.80. The fourth-order valence-corrected chi connectivity index (χ4v) is 2.55. The van der Waals surface area contributed by atoms with Gasteiger partial charge >= 0.3 is 0 Å². The number of benzene rings is 1. The first kappa shape index (κ1) is 12.2. The lowest BCUT2D eigenvalue weighted by Gasteiger charge is -2.26. The molecule has 0 saturated carbocycles. The molecule has 0 aliphatic heterocycles. The Bertz CT molecular complexity index is 500. The quantitative estimate of drug-likeness (QED) is 0.716. The maximum atomic E-state index is 2.50. The van der Waals surface area contributed by atoms with Gasteiger partial charge in [0, 0.05) is 16.7 Å². The summed E-state index contributed by atoms with van der Waals surface area (Å²) in [6.07, 6.45) is 3.71. The molecule has 1 aromatic carbocycles. The molecule has 1 heteroatoms. The summed E-state index contributed by atoms with van der Waals surface area (Å²) in [4.78, 5) is 0. The van der Waals surface area contributed by atoms with E-state index >= 15 is 0 Å². The van der Waals surface area contributed by atoms with Gasteiger partial charge in [-0.15, -0.1) is 0 Å². The number of fused-ring (bicyclic) bond motifs is 1. The first-order valence-electron chi connectivity index (χ1n) is 6.64. The summed E-state index contributed by atoms with van der Waals surface area (Å²) in [6, 6.07) is 11.1. The van der Waals surface area contributed by atoms with E-state index in [1.807, 2.05) is 0 Å². The highest BCUT2D eigenvalue weighted by atomic mass is 15.1. The number of hydrogen-bond donors (Lipinski definition) is 0. The maximum absolute atomic E-state index is 2.50. The predicted molar refractivity (Wildman–Crippen MR) is 75.5 cm³/mol. The molecule has 0 aliphatic rings. The van der Waals surface area contributed by atoms with Gasteiger partial charge in [-0.05, 0) is 51.1 Å². The van der Waals surface area contributed by atoms with Gasteiger partial charge in [0.05, 0.1) is 0 Å². The average Bonchev–Trinajstić information content (AvgIpc) is 2.63. The van der Waals surface area contributed by atoms with Gasteiger partial charge in [0.25, 0.3) is 0 Å². The molecule has 0 amide bonds. The zero-order chi connectivity index (χ0) is 12.5. The van der Waals surface area contributed by atoms with E-state index in [4.69, 9.17) is 0 Å². The first-order valence-corrected chi connectivity index (χ1v) is 6.64. The standard InChI is InChI=1S/C16H23N/c1-5-6-10-14-12-13-9-7-8-11-15(13)17(14)16(2,3)4/h7-9,11-12H,5-6,10H2,1-4H3. The molecular formula is C16H23N. The van der Waals surface area contributed by atoms with Crippen LogP contribution in [0.2, 0.25) is 0 Å². The highest BCUT2D eigenvalue weighted by molar-refractivity contribution is 5.81. The molecule has 0 spiro atoms. The Labute approximate surface area is 104 Å². The fourth-order valence-electron chi connectivity index (χ4n) is 2.55. The number of rotatable bonds is 3. The van der Waals surface area contributed by atoms with Crippen molar-refractivity contribution in [3.05, 3.63) is 36.0 Å². The molecule has 0 atom stereocenters. The summed E-state index contributed by atoms with van der Waals surface area (Å²) in [7, 11) is 0. The van der Waals surface area contributed by atoms with Gasteiger partial charge in [0.1, 0.15) is 0 Å². The minimum absolute atomic E-state index is 0.159. The number of aromatic nitrogens is 1. The van der Waals surface area contributed by atoms with Gasteiger partial charge in [0.2, 0.25) is 0 Å². The SMILES string of the molecule is CCCCc1cc2ccccc2n1C(C)(C)C. The zero-order valence-corrected chi connectivity index (χ0v) is 11.5. The normalized spacial score (nSPS) is 12.2. The van der Waals surface area contributed by atoms with Gasteiger partial charge in [-0.25, -0.2) is 0 Å². The minimum atomic E-state index is 0.159. The van der Waals surface area contributed by atoms with Crippen molar-refractivity contribution in [1.82, 2.24) is 4.57 Å². The van der Waals surface area contributed by atoms with Crippen LogP contribution in [-0.4, -0.2) is 4.57 Å². The van der Waals surface area contributed by atoms with E-state index < -0.39 is 0 Å². The monoisotopic (exact) mass is 229 g/mol. The van der Waals surface area contributed by atoms with Gasteiger partial charge in [-0.2, -0.15) is 0 Å². The summed E-state index contributed by atoms with van der Waals surface area (Å²) in [6.45, 7) is 9.11. The fraction of sp³-hybridized carbons (Fsp3) is 0.500. The molecule has 0 N–H and O–H groups in total. The average molecular weight is 229 g/mol. The number of aryl methyl sites for hydroxylation is 1. The Morgan fingerprint density at radius 3 is 2.47 bits per heavy atom. The summed E-state index contributed by atoms with van der Waals surface area (Å²) in [5.74, 6) is 0. The largest absolute Gasteiger partial charge is 0.339 e. The van der Waals surface area contributed by atoms with Crippen molar-refractivity contribution in [3.63, 3.8) is 0 Å². The lowest BCUT2D eigenvalue weighted by molar-refractivity contribution is 0.397. The van der Waals surface area contributed by atoms with Gasteiger partial charge in [-0.1, -0.05) is 31.5 Å². The molecule has 0 aliphatic carbocycles. The summed E-state index contributed by atoms with van der Waals surface area (Å²) >= 11 is 0. The lowest BCUT2D eigenvalue weighted by Crippen LogP contribution is -2.23. The first-order chi connectivity index (χ1) is 8.04.